The summed E-state index contributed by atoms with van der Waals surface area (Å²) in [6.45, 7) is 6.02. The highest BCUT2D eigenvalue weighted by molar-refractivity contribution is 6.08. The summed E-state index contributed by atoms with van der Waals surface area (Å²) in [6.07, 6.45) is -0.387. The van der Waals surface area contributed by atoms with Gasteiger partial charge >= 0.3 is 6.30 Å². The number of pyridine rings is 1. The Labute approximate surface area is 144 Å². The number of halogens is 3. The molecule has 134 valence electrons. The zero-order valence-electron chi connectivity index (χ0n) is 14.2. The molecule has 0 bridgehead atoms. The molecule has 1 aliphatic carbocycles. The van der Waals surface area contributed by atoms with Crippen LogP contribution in [0.4, 0.5) is 13.2 Å². The molecule has 2 N–H and O–H groups in total. The Balaban J connectivity index is 1.86. The van der Waals surface area contributed by atoms with Crippen LogP contribution in [-0.4, -0.2) is 29.4 Å². The second-order valence-corrected chi connectivity index (χ2v) is 6.63. The van der Waals surface area contributed by atoms with Crippen molar-refractivity contribution in [2.45, 2.75) is 32.1 Å². The fourth-order valence-electron chi connectivity index (χ4n) is 3.52. The fraction of sp³-hybridized carbons (Fsp3) is 0.444. The first-order chi connectivity index (χ1) is 11.7. The summed E-state index contributed by atoms with van der Waals surface area (Å²) in [4.78, 5) is 9.16. The molecule has 2 atom stereocenters. The van der Waals surface area contributed by atoms with Gasteiger partial charge in [-0.05, 0) is 37.3 Å². The van der Waals surface area contributed by atoms with E-state index in [2.05, 4.69) is 21.5 Å². The van der Waals surface area contributed by atoms with Gasteiger partial charge in [-0.2, -0.15) is 4.99 Å². The third kappa shape index (κ3) is 3.41. The van der Waals surface area contributed by atoms with Crippen molar-refractivity contribution in [1.82, 2.24) is 9.88 Å². The number of aryl methyl sites for hydroxylation is 1. The minimum Gasteiger partial charge on any atom is -0.404 e. The molecule has 1 aromatic rings. The Morgan fingerprint density at radius 3 is 2.60 bits per heavy atom. The van der Waals surface area contributed by atoms with E-state index in [0.717, 1.165) is 23.2 Å². The number of nitrogens with two attached hydrogens (primary N) is 1. The van der Waals surface area contributed by atoms with E-state index in [9.17, 15) is 13.2 Å². The standard InChI is InChI=1S/C18H21F3N4/c1-10-14(17-16(12-4-5-12)11(2)25(17)3)6-7-15(24-10)13(8-22)9-23-18(19,20)21/h6-9,12,16-17H,2,4-5,22H2,1,3H3. The molecule has 2 fully saturated rings. The number of allylic oxidation sites excluding steroid dienone is 1. The van der Waals surface area contributed by atoms with Gasteiger partial charge in [0.15, 0.2) is 0 Å². The quantitative estimate of drug-likeness (QED) is 0.664. The van der Waals surface area contributed by atoms with Gasteiger partial charge in [0.05, 0.1) is 11.7 Å². The number of hydrogen-bond donors (Lipinski definition) is 1. The van der Waals surface area contributed by atoms with E-state index in [-0.39, 0.29) is 11.6 Å². The Hall–Kier alpha value is -2.31. The van der Waals surface area contributed by atoms with E-state index in [1.54, 1.807) is 6.07 Å². The van der Waals surface area contributed by atoms with E-state index in [4.69, 9.17) is 5.73 Å². The largest absolute Gasteiger partial charge is 0.503 e. The second-order valence-electron chi connectivity index (χ2n) is 6.63. The van der Waals surface area contributed by atoms with Crippen LogP contribution in [0.5, 0.6) is 0 Å². The summed E-state index contributed by atoms with van der Waals surface area (Å²) < 4.78 is 36.8. The third-order valence-electron chi connectivity index (χ3n) is 5.00. The van der Waals surface area contributed by atoms with Crippen molar-refractivity contribution in [3.63, 3.8) is 0 Å². The van der Waals surface area contributed by atoms with Crippen LogP contribution in [0, 0.1) is 18.8 Å². The number of aliphatic imine (C=N–C) groups is 1. The third-order valence-corrected chi connectivity index (χ3v) is 5.00. The highest BCUT2D eigenvalue weighted by Crippen LogP contribution is 2.56. The molecule has 2 aliphatic rings. The summed E-state index contributed by atoms with van der Waals surface area (Å²) in [5.74, 6) is 1.12. The van der Waals surface area contributed by atoms with Crippen LogP contribution in [0.25, 0.3) is 5.57 Å². The zero-order chi connectivity index (χ0) is 18.4. The van der Waals surface area contributed by atoms with Crippen LogP contribution in [-0.2, 0) is 0 Å². The minimum atomic E-state index is -4.63. The molecule has 1 saturated carbocycles. The lowest BCUT2D eigenvalue weighted by Gasteiger charge is -2.50. The molecule has 2 unspecified atom stereocenters. The first-order valence-electron chi connectivity index (χ1n) is 8.16. The van der Waals surface area contributed by atoms with Crippen molar-refractivity contribution in [2.75, 3.05) is 7.05 Å². The van der Waals surface area contributed by atoms with Gasteiger partial charge in [-0.3, -0.25) is 4.98 Å². The summed E-state index contributed by atoms with van der Waals surface area (Å²) in [6, 6.07) is 3.85. The molecular weight excluding hydrogens is 329 g/mol. The van der Waals surface area contributed by atoms with E-state index >= 15 is 0 Å². The lowest BCUT2D eigenvalue weighted by atomic mass is 9.77. The van der Waals surface area contributed by atoms with Crippen molar-refractivity contribution in [1.29, 1.82) is 0 Å². The monoisotopic (exact) mass is 350 g/mol. The maximum Gasteiger partial charge on any atom is 0.503 e. The second kappa shape index (κ2) is 6.20. The van der Waals surface area contributed by atoms with E-state index < -0.39 is 6.30 Å². The van der Waals surface area contributed by atoms with Crippen molar-refractivity contribution in [3.05, 3.63) is 47.6 Å². The molecule has 0 amide bonds. The Morgan fingerprint density at radius 2 is 2.08 bits per heavy atom. The van der Waals surface area contributed by atoms with Crippen molar-refractivity contribution < 1.29 is 13.2 Å². The molecular formula is C18H21F3N4. The summed E-state index contributed by atoms with van der Waals surface area (Å²) in [5, 5.41) is 0. The first-order valence-corrected chi connectivity index (χ1v) is 8.16. The molecule has 3 rings (SSSR count). The average Bonchev–Trinajstić information content (AvgIpc) is 3.36. The van der Waals surface area contributed by atoms with E-state index in [0.29, 0.717) is 23.7 Å². The van der Waals surface area contributed by atoms with E-state index in [1.165, 1.54) is 12.8 Å². The topological polar surface area (TPSA) is 54.5 Å². The van der Waals surface area contributed by atoms with Gasteiger partial charge in [-0.25, -0.2) is 0 Å². The molecule has 0 radical (unpaired) electrons. The van der Waals surface area contributed by atoms with Gasteiger partial charge in [-0.1, -0.05) is 12.6 Å². The molecule has 4 nitrogen and oxygen atoms in total. The normalized spacial score (nSPS) is 24.8. The van der Waals surface area contributed by atoms with Gasteiger partial charge in [-0.15, -0.1) is 13.2 Å². The summed E-state index contributed by atoms with van der Waals surface area (Å²) in [7, 11) is 2.01. The Morgan fingerprint density at radius 1 is 1.40 bits per heavy atom. The fourth-order valence-corrected chi connectivity index (χ4v) is 3.52. The number of nitrogens with zero attached hydrogens (tertiary/aromatic N) is 3. The number of hydrogen-bond acceptors (Lipinski definition) is 4. The van der Waals surface area contributed by atoms with Crippen molar-refractivity contribution in [3.8, 4) is 0 Å². The van der Waals surface area contributed by atoms with Gasteiger partial charge in [0, 0.05) is 42.3 Å². The van der Waals surface area contributed by atoms with E-state index in [1.807, 2.05) is 20.0 Å². The number of alkyl halides is 3. The predicted octanol–water partition coefficient (Wildman–Crippen LogP) is 3.81. The maximum absolute atomic E-state index is 12.3. The first kappa shape index (κ1) is 17.5. The average molecular weight is 350 g/mol. The molecule has 0 spiro atoms. The smallest absolute Gasteiger partial charge is 0.404 e. The minimum absolute atomic E-state index is 0.136. The number of rotatable bonds is 4. The van der Waals surface area contributed by atoms with Gasteiger partial charge in [0.1, 0.15) is 0 Å². The van der Waals surface area contributed by atoms with Crippen LogP contribution < -0.4 is 5.73 Å². The number of likely N-dealkylation sites (tertiary alicyclic amines) is 1. The van der Waals surface area contributed by atoms with Gasteiger partial charge in [0.2, 0.25) is 0 Å². The summed E-state index contributed by atoms with van der Waals surface area (Å²) >= 11 is 0. The van der Waals surface area contributed by atoms with Crippen LogP contribution in [0.15, 0.2) is 35.6 Å². The zero-order valence-corrected chi connectivity index (χ0v) is 14.2. The Kier molecular flexibility index (Phi) is 4.34. The van der Waals surface area contributed by atoms with Crippen LogP contribution in [0.2, 0.25) is 0 Å². The SMILES string of the molecule is C=C1C(C2CC2)C(c2ccc(C(C=NC(F)(F)F)=CN)nc2C)N1C. The predicted molar refractivity (Wildman–Crippen MR) is 91.5 cm³/mol. The van der Waals surface area contributed by atoms with Crippen molar-refractivity contribution >= 4 is 11.8 Å². The highest BCUT2D eigenvalue weighted by atomic mass is 19.4. The van der Waals surface area contributed by atoms with Crippen LogP contribution in [0.1, 0.15) is 35.8 Å². The van der Waals surface area contributed by atoms with Gasteiger partial charge in [0.25, 0.3) is 0 Å². The highest BCUT2D eigenvalue weighted by Gasteiger charge is 2.49. The molecule has 25 heavy (non-hydrogen) atoms. The summed E-state index contributed by atoms with van der Waals surface area (Å²) in [5.41, 5.74) is 8.98. The molecule has 7 heteroatoms. The van der Waals surface area contributed by atoms with Crippen LogP contribution >= 0.6 is 0 Å². The number of aromatic nitrogens is 1. The molecule has 0 aromatic carbocycles. The Bertz CT molecular complexity index is 747. The molecule has 1 aromatic heterocycles. The lowest BCUT2D eigenvalue weighted by molar-refractivity contribution is -0.118. The lowest BCUT2D eigenvalue weighted by Crippen LogP contribution is -2.45. The van der Waals surface area contributed by atoms with Crippen molar-refractivity contribution in [2.24, 2.45) is 22.6 Å². The molecule has 1 saturated heterocycles. The van der Waals surface area contributed by atoms with Gasteiger partial charge < -0.3 is 10.6 Å². The molecule has 1 aliphatic heterocycles. The maximum atomic E-state index is 12.3. The van der Waals surface area contributed by atoms with Crippen LogP contribution in [0.3, 0.4) is 0 Å². The molecule has 2 heterocycles.